The highest BCUT2D eigenvalue weighted by Crippen LogP contribution is 2.50. The average molecular weight is 369 g/mol. The van der Waals surface area contributed by atoms with Crippen molar-refractivity contribution in [2.75, 3.05) is 39.5 Å². The van der Waals surface area contributed by atoms with Crippen LogP contribution in [0.15, 0.2) is 28.8 Å². The number of rotatable bonds is 4. The summed E-state index contributed by atoms with van der Waals surface area (Å²) in [6.07, 6.45) is 1.68. The largest absolute Gasteiger partial charge is 0.454 e. The second-order valence-corrected chi connectivity index (χ2v) is 7.45. The molecule has 0 N–H and O–H groups in total. The third kappa shape index (κ3) is 2.77. The van der Waals surface area contributed by atoms with Gasteiger partial charge in [0.2, 0.25) is 12.7 Å². The molecule has 5 rings (SSSR count). The number of aromatic nitrogens is 1. The van der Waals surface area contributed by atoms with Crippen molar-refractivity contribution in [2.24, 2.45) is 0 Å². The lowest BCUT2D eigenvalue weighted by Gasteiger charge is -2.35. The van der Waals surface area contributed by atoms with E-state index in [1.165, 1.54) is 0 Å². The molecule has 0 radical (unpaired) electrons. The van der Waals surface area contributed by atoms with Crippen molar-refractivity contribution in [3.8, 4) is 22.8 Å². The number of fused-ring (bicyclic) bond motifs is 1. The molecule has 2 aliphatic heterocycles. The van der Waals surface area contributed by atoms with E-state index in [0.717, 1.165) is 62.6 Å². The van der Waals surface area contributed by atoms with E-state index in [0.29, 0.717) is 11.5 Å². The topological polar surface area (TPSA) is 68.0 Å². The monoisotopic (exact) mass is 369 g/mol. The Balaban J connectivity index is 1.35. The summed E-state index contributed by atoms with van der Waals surface area (Å²) in [5.74, 6) is 2.29. The van der Waals surface area contributed by atoms with Crippen LogP contribution in [0.2, 0.25) is 0 Å². The van der Waals surface area contributed by atoms with Gasteiger partial charge in [0, 0.05) is 37.8 Å². The molecule has 1 aliphatic carbocycles. The number of benzene rings is 1. The standard InChI is InChI=1S/C20H23N3O4/c1-2-22-7-9-23(10-8-22)19(24)20(5-6-20)18-12-16(27-21-18)14-3-4-15-17(11-14)26-13-25-15/h3-4,11-12H,2,5-10,13H2,1H3. The Morgan fingerprint density at radius 3 is 2.63 bits per heavy atom. The minimum absolute atomic E-state index is 0.198. The maximum atomic E-state index is 13.2. The molecule has 0 bridgehead atoms. The fraction of sp³-hybridized carbons (Fsp3) is 0.500. The fourth-order valence-electron chi connectivity index (χ4n) is 3.96. The molecule has 142 valence electrons. The molecule has 7 nitrogen and oxygen atoms in total. The van der Waals surface area contributed by atoms with Crippen LogP contribution >= 0.6 is 0 Å². The SMILES string of the molecule is CCN1CCN(C(=O)C2(c3cc(-c4ccc5c(c4)OCO5)on3)CC2)CC1. The molecule has 1 saturated heterocycles. The number of ether oxygens (including phenoxy) is 2. The van der Waals surface area contributed by atoms with Crippen molar-refractivity contribution in [3.63, 3.8) is 0 Å². The molecule has 27 heavy (non-hydrogen) atoms. The molecule has 1 amide bonds. The van der Waals surface area contributed by atoms with Crippen LogP contribution < -0.4 is 9.47 Å². The van der Waals surface area contributed by atoms with Gasteiger partial charge in [0.1, 0.15) is 0 Å². The van der Waals surface area contributed by atoms with E-state index in [2.05, 4.69) is 17.0 Å². The van der Waals surface area contributed by atoms with Crippen molar-refractivity contribution >= 4 is 5.91 Å². The maximum Gasteiger partial charge on any atom is 0.235 e. The Hall–Kier alpha value is -2.54. The summed E-state index contributed by atoms with van der Waals surface area (Å²) >= 11 is 0. The van der Waals surface area contributed by atoms with E-state index < -0.39 is 5.41 Å². The summed E-state index contributed by atoms with van der Waals surface area (Å²) in [4.78, 5) is 17.5. The Kier molecular flexibility index (Phi) is 3.86. The highest BCUT2D eigenvalue weighted by Gasteiger charge is 2.55. The zero-order valence-corrected chi connectivity index (χ0v) is 15.4. The van der Waals surface area contributed by atoms with Crippen LogP contribution in [0.4, 0.5) is 0 Å². The molecule has 2 fully saturated rings. The van der Waals surface area contributed by atoms with Crippen molar-refractivity contribution in [2.45, 2.75) is 25.2 Å². The van der Waals surface area contributed by atoms with E-state index in [9.17, 15) is 4.79 Å². The molecule has 3 aliphatic rings. The van der Waals surface area contributed by atoms with Gasteiger partial charge in [-0.3, -0.25) is 4.79 Å². The first-order chi connectivity index (χ1) is 13.2. The lowest BCUT2D eigenvalue weighted by Crippen LogP contribution is -2.51. The molecular weight excluding hydrogens is 346 g/mol. The van der Waals surface area contributed by atoms with Gasteiger partial charge in [0.05, 0.1) is 11.1 Å². The van der Waals surface area contributed by atoms with Crippen LogP contribution in [0.3, 0.4) is 0 Å². The van der Waals surface area contributed by atoms with Gasteiger partial charge < -0.3 is 23.8 Å². The smallest absolute Gasteiger partial charge is 0.235 e. The molecule has 0 atom stereocenters. The highest BCUT2D eigenvalue weighted by molar-refractivity contribution is 5.91. The molecule has 2 aromatic rings. The van der Waals surface area contributed by atoms with Gasteiger partial charge >= 0.3 is 0 Å². The summed E-state index contributed by atoms with van der Waals surface area (Å²) in [6, 6.07) is 7.58. The molecule has 3 heterocycles. The first-order valence-corrected chi connectivity index (χ1v) is 9.58. The molecule has 0 unspecified atom stereocenters. The van der Waals surface area contributed by atoms with E-state index in [1.54, 1.807) is 0 Å². The Labute approximate surface area is 157 Å². The van der Waals surface area contributed by atoms with Gasteiger partial charge in [-0.15, -0.1) is 0 Å². The lowest BCUT2D eigenvalue weighted by atomic mass is 9.99. The number of amides is 1. The third-order valence-corrected chi connectivity index (χ3v) is 5.92. The van der Waals surface area contributed by atoms with Crippen LogP contribution in [0.5, 0.6) is 11.5 Å². The van der Waals surface area contributed by atoms with Gasteiger partial charge in [0.25, 0.3) is 0 Å². The average Bonchev–Trinajstić information content (AvgIpc) is 3.15. The van der Waals surface area contributed by atoms with Gasteiger partial charge in [-0.05, 0) is 37.6 Å². The number of hydrogen-bond donors (Lipinski definition) is 0. The normalized spacial score (nSPS) is 20.7. The Morgan fingerprint density at radius 1 is 1.11 bits per heavy atom. The summed E-state index contributed by atoms with van der Waals surface area (Å²) in [7, 11) is 0. The van der Waals surface area contributed by atoms with Crippen LogP contribution in [-0.2, 0) is 10.2 Å². The van der Waals surface area contributed by atoms with Crippen LogP contribution in [0.1, 0.15) is 25.5 Å². The summed E-state index contributed by atoms with van der Waals surface area (Å²) in [5, 5.41) is 4.26. The van der Waals surface area contributed by atoms with Crippen molar-refractivity contribution in [3.05, 3.63) is 30.0 Å². The molecular formula is C20H23N3O4. The third-order valence-electron chi connectivity index (χ3n) is 5.92. The number of piperazine rings is 1. The van der Waals surface area contributed by atoms with Gasteiger partial charge in [0.15, 0.2) is 17.3 Å². The van der Waals surface area contributed by atoms with Crippen molar-refractivity contribution in [1.82, 2.24) is 15.0 Å². The zero-order valence-electron chi connectivity index (χ0n) is 15.4. The van der Waals surface area contributed by atoms with E-state index in [1.807, 2.05) is 29.2 Å². The second-order valence-electron chi connectivity index (χ2n) is 7.45. The first-order valence-electron chi connectivity index (χ1n) is 9.58. The van der Waals surface area contributed by atoms with Gasteiger partial charge in [-0.2, -0.15) is 0 Å². The van der Waals surface area contributed by atoms with Crippen LogP contribution in [-0.4, -0.2) is 60.4 Å². The predicted molar refractivity (Wildman–Crippen MR) is 97.7 cm³/mol. The maximum absolute atomic E-state index is 13.2. The molecule has 1 saturated carbocycles. The van der Waals surface area contributed by atoms with E-state index in [4.69, 9.17) is 14.0 Å². The van der Waals surface area contributed by atoms with Gasteiger partial charge in [-0.25, -0.2) is 0 Å². The Morgan fingerprint density at radius 2 is 1.89 bits per heavy atom. The van der Waals surface area contributed by atoms with Crippen LogP contribution in [0, 0.1) is 0 Å². The summed E-state index contributed by atoms with van der Waals surface area (Å²) in [6.45, 7) is 6.91. The predicted octanol–water partition coefficient (Wildman–Crippen LogP) is 2.27. The summed E-state index contributed by atoms with van der Waals surface area (Å²) < 4.78 is 16.4. The Bertz CT molecular complexity index is 866. The van der Waals surface area contributed by atoms with Crippen molar-refractivity contribution in [1.29, 1.82) is 0 Å². The minimum atomic E-state index is -0.494. The second kappa shape index (κ2) is 6.27. The molecule has 1 aromatic carbocycles. The lowest BCUT2D eigenvalue weighted by molar-refractivity contribution is -0.135. The molecule has 0 spiro atoms. The quantitative estimate of drug-likeness (QED) is 0.824. The number of carbonyl (C=O) groups excluding carboxylic acids is 1. The zero-order chi connectivity index (χ0) is 18.4. The number of hydrogen-bond acceptors (Lipinski definition) is 6. The van der Waals surface area contributed by atoms with E-state index >= 15 is 0 Å². The first kappa shape index (κ1) is 16.6. The van der Waals surface area contributed by atoms with Crippen molar-refractivity contribution < 1.29 is 18.8 Å². The molecule has 7 heteroatoms. The number of likely N-dealkylation sites (N-methyl/N-ethyl adjacent to an activating group) is 1. The number of nitrogens with zero attached hydrogens (tertiary/aromatic N) is 3. The number of carbonyl (C=O) groups is 1. The highest BCUT2D eigenvalue weighted by atomic mass is 16.7. The summed E-state index contributed by atoms with van der Waals surface area (Å²) in [5.41, 5.74) is 1.13. The van der Waals surface area contributed by atoms with Gasteiger partial charge in [-0.1, -0.05) is 12.1 Å². The fourth-order valence-corrected chi connectivity index (χ4v) is 3.96. The van der Waals surface area contributed by atoms with Crippen LogP contribution in [0.25, 0.3) is 11.3 Å². The molecule has 1 aromatic heterocycles. The van der Waals surface area contributed by atoms with E-state index in [-0.39, 0.29) is 12.7 Å². The minimum Gasteiger partial charge on any atom is -0.454 e.